The number of furan rings is 1. The molecule has 0 bridgehead atoms. The molecule has 1 N–H and O–H groups in total. The third-order valence-electron chi connectivity index (χ3n) is 5.73. The monoisotopic (exact) mass is 491 g/mol. The molecule has 0 radical (unpaired) electrons. The number of hydrogen-bond donors (Lipinski definition) is 1. The lowest BCUT2D eigenvalue weighted by Crippen LogP contribution is -2.48. The second-order valence-electron chi connectivity index (χ2n) is 7.93. The van der Waals surface area contributed by atoms with Crippen molar-refractivity contribution in [3.05, 3.63) is 93.8 Å². The van der Waals surface area contributed by atoms with Crippen LogP contribution in [-0.4, -0.2) is 42.9 Å². The van der Waals surface area contributed by atoms with Crippen LogP contribution >= 0.6 is 22.9 Å². The Morgan fingerprint density at radius 1 is 0.912 bits per heavy atom. The third kappa shape index (κ3) is 4.85. The van der Waals surface area contributed by atoms with Crippen LogP contribution in [0.15, 0.2) is 82.6 Å². The molecule has 1 fully saturated rings. The maximum Gasteiger partial charge on any atom is 0.291 e. The molecular formula is C26H22ClN3O3S. The van der Waals surface area contributed by atoms with E-state index in [4.69, 9.17) is 16.0 Å². The molecule has 6 nitrogen and oxygen atoms in total. The molecule has 0 atom stereocenters. The van der Waals surface area contributed by atoms with Crippen LogP contribution in [0.25, 0.3) is 11.3 Å². The predicted octanol–water partition coefficient (Wildman–Crippen LogP) is 5.88. The summed E-state index contributed by atoms with van der Waals surface area (Å²) in [5.74, 6) is 0.594. The molecule has 172 valence electrons. The molecule has 2 aromatic heterocycles. The van der Waals surface area contributed by atoms with Crippen LogP contribution in [0.2, 0.25) is 5.02 Å². The van der Waals surface area contributed by atoms with E-state index in [1.807, 2.05) is 58.8 Å². The minimum Gasteiger partial charge on any atom is -0.451 e. The Bertz CT molecular complexity index is 1290. The number of benzene rings is 2. The zero-order chi connectivity index (χ0) is 23.5. The Labute approximate surface area is 206 Å². The molecule has 3 heterocycles. The maximum atomic E-state index is 12.6. The van der Waals surface area contributed by atoms with Crippen molar-refractivity contribution < 1.29 is 14.0 Å². The van der Waals surface area contributed by atoms with Crippen LogP contribution in [0.5, 0.6) is 0 Å². The number of nitrogens with zero attached hydrogens (tertiary/aromatic N) is 2. The normalized spacial score (nSPS) is 13.7. The summed E-state index contributed by atoms with van der Waals surface area (Å²) >= 11 is 7.52. The van der Waals surface area contributed by atoms with Crippen molar-refractivity contribution in [2.75, 3.05) is 36.4 Å². The molecule has 0 unspecified atom stereocenters. The van der Waals surface area contributed by atoms with E-state index in [1.165, 1.54) is 11.3 Å². The molecule has 5 rings (SSSR count). The van der Waals surface area contributed by atoms with Gasteiger partial charge in [0, 0.05) is 48.1 Å². The highest BCUT2D eigenvalue weighted by Gasteiger charge is 2.23. The first kappa shape index (κ1) is 22.3. The van der Waals surface area contributed by atoms with Gasteiger partial charge in [0.2, 0.25) is 0 Å². The number of thiophene rings is 1. The van der Waals surface area contributed by atoms with Gasteiger partial charge in [-0.1, -0.05) is 29.8 Å². The Morgan fingerprint density at radius 3 is 2.41 bits per heavy atom. The third-order valence-corrected chi connectivity index (χ3v) is 6.82. The molecule has 0 spiro atoms. The highest BCUT2D eigenvalue weighted by Crippen LogP contribution is 2.26. The number of carbonyl (C=O) groups is 2. The SMILES string of the molecule is O=C(Nc1ccc(N2CCN(C(=O)c3cccs3)CC2)cc1)c1ccc(-c2cccc(Cl)c2)o1. The van der Waals surface area contributed by atoms with E-state index in [-0.39, 0.29) is 17.6 Å². The number of halogens is 1. The van der Waals surface area contributed by atoms with Crippen LogP contribution < -0.4 is 10.2 Å². The Kier molecular flexibility index (Phi) is 6.38. The van der Waals surface area contributed by atoms with Gasteiger partial charge in [-0.3, -0.25) is 9.59 Å². The molecule has 2 aromatic carbocycles. The summed E-state index contributed by atoms with van der Waals surface area (Å²) in [4.78, 5) is 30.1. The first-order chi connectivity index (χ1) is 16.6. The molecule has 4 aromatic rings. The summed E-state index contributed by atoms with van der Waals surface area (Å²) in [7, 11) is 0. The van der Waals surface area contributed by atoms with E-state index in [0.29, 0.717) is 29.6 Å². The van der Waals surface area contributed by atoms with Crippen molar-refractivity contribution in [3.63, 3.8) is 0 Å². The van der Waals surface area contributed by atoms with E-state index in [0.717, 1.165) is 29.2 Å². The Morgan fingerprint density at radius 2 is 1.71 bits per heavy atom. The van der Waals surface area contributed by atoms with Gasteiger partial charge >= 0.3 is 0 Å². The Balaban J connectivity index is 1.17. The van der Waals surface area contributed by atoms with Gasteiger partial charge in [0.15, 0.2) is 5.76 Å². The van der Waals surface area contributed by atoms with Gasteiger partial charge in [-0.25, -0.2) is 0 Å². The molecule has 1 aliphatic heterocycles. The molecule has 1 aliphatic rings. The average molecular weight is 492 g/mol. The van der Waals surface area contributed by atoms with E-state index in [2.05, 4.69) is 10.2 Å². The Hall–Kier alpha value is -3.55. The zero-order valence-corrected chi connectivity index (χ0v) is 19.8. The number of nitrogens with one attached hydrogen (secondary N) is 1. The van der Waals surface area contributed by atoms with Gasteiger partial charge in [0.25, 0.3) is 11.8 Å². The van der Waals surface area contributed by atoms with Crippen LogP contribution in [0.4, 0.5) is 11.4 Å². The number of carbonyl (C=O) groups excluding carboxylic acids is 2. The predicted molar refractivity (Wildman–Crippen MR) is 136 cm³/mol. The molecular weight excluding hydrogens is 470 g/mol. The van der Waals surface area contributed by atoms with Gasteiger partial charge in [-0.2, -0.15) is 0 Å². The largest absolute Gasteiger partial charge is 0.451 e. The van der Waals surface area contributed by atoms with Crippen LogP contribution in [0.1, 0.15) is 20.2 Å². The summed E-state index contributed by atoms with van der Waals surface area (Å²) in [5.41, 5.74) is 2.55. The van der Waals surface area contributed by atoms with Crippen LogP contribution in [0.3, 0.4) is 0 Å². The minimum absolute atomic E-state index is 0.101. The lowest BCUT2D eigenvalue weighted by atomic mass is 10.2. The van der Waals surface area contributed by atoms with Crippen molar-refractivity contribution in [2.24, 2.45) is 0 Å². The maximum absolute atomic E-state index is 12.6. The van der Waals surface area contributed by atoms with Crippen LogP contribution in [0, 0.1) is 0 Å². The summed E-state index contributed by atoms with van der Waals surface area (Å²) < 4.78 is 5.72. The molecule has 34 heavy (non-hydrogen) atoms. The van der Waals surface area contributed by atoms with Crippen molar-refractivity contribution >= 4 is 46.1 Å². The number of piperazine rings is 1. The summed E-state index contributed by atoms with van der Waals surface area (Å²) in [6.45, 7) is 2.90. The smallest absolute Gasteiger partial charge is 0.291 e. The molecule has 8 heteroatoms. The average Bonchev–Trinajstić information content (AvgIpc) is 3.57. The van der Waals surface area contributed by atoms with Crippen molar-refractivity contribution in [1.29, 1.82) is 0 Å². The topological polar surface area (TPSA) is 65.8 Å². The summed E-state index contributed by atoms with van der Waals surface area (Å²) in [6.07, 6.45) is 0. The van der Waals surface area contributed by atoms with Gasteiger partial charge in [-0.05, 0) is 60.0 Å². The molecule has 1 saturated heterocycles. The summed E-state index contributed by atoms with van der Waals surface area (Å²) in [5, 5.41) is 5.40. The van der Waals surface area contributed by atoms with E-state index < -0.39 is 0 Å². The fraction of sp³-hybridized carbons (Fsp3) is 0.154. The fourth-order valence-corrected chi connectivity index (χ4v) is 4.81. The highest BCUT2D eigenvalue weighted by molar-refractivity contribution is 7.12. The molecule has 0 saturated carbocycles. The highest BCUT2D eigenvalue weighted by atomic mass is 35.5. The van der Waals surface area contributed by atoms with Gasteiger partial charge in [0.1, 0.15) is 5.76 Å². The van der Waals surface area contributed by atoms with Crippen molar-refractivity contribution in [2.45, 2.75) is 0 Å². The van der Waals surface area contributed by atoms with Crippen molar-refractivity contribution in [3.8, 4) is 11.3 Å². The van der Waals surface area contributed by atoms with E-state index >= 15 is 0 Å². The number of anilines is 2. The summed E-state index contributed by atoms with van der Waals surface area (Å²) in [6, 6.07) is 22.2. The first-order valence-electron chi connectivity index (χ1n) is 10.9. The lowest BCUT2D eigenvalue weighted by Gasteiger charge is -2.36. The van der Waals surface area contributed by atoms with E-state index in [9.17, 15) is 9.59 Å². The molecule has 2 amide bonds. The molecule has 0 aliphatic carbocycles. The quantitative estimate of drug-likeness (QED) is 0.379. The minimum atomic E-state index is -0.318. The second kappa shape index (κ2) is 9.75. The van der Waals surface area contributed by atoms with Gasteiger partial charge in [-0.15, -0.1) is 11.3 Å². The van der Waals surface area contributed by atoms with Gasteiger partial charge in [0.05, 0.1) is 4.88 Å². The number of rotatable bonds is 5. The van der Waals surface area contributed by atoms with Crippen molar-refractivity contribution in [1.82, 2.24) is 4.90 Å². The van der Waals surface area contributed by atoms with E-state index in [1.54, 1.807) is 24.3 Å². The van der Waals surface area contributed by atoms with Crippen LogP contribution in [-0.2, 0) is 0 Å². The van der Waals surface area contributed by atoms with Gasteiger partial charge < -0.3 is 19.5 Å². The fourth-order valence-electron chi connectivity index (χ4n) is 3.93. The number of amides is 2. The standard InChI is InChI=1S/C26H22ClN3O3S/c27-19-4-1-3-18(17-19)22-10-11-23(33-22)25(31)28-20-6-8-21(9-7-20)29-12-14-30(15-13-29)26(32)24-5-2-16-34-24/h1-11,16-17H,12-15H2,(H,28,31). The first-order valence-corrected chi connectivity index (χ1v) is 12.2. The second-order valence-corrected chi connectivity index (χ2v) is 9.32. The number of hydrogen-bond acceptors (Lipinski definition) is 5. The lowest BCUT2D eigenvalue weighted by molar-refractivity contribution is 0.0751. The zero-order valence-electron chi connectivity index (χ0n) is 18.2.